The normalized spacial score (nSPS) is 10.5. The van der Waals surface area contributed by atoms with Gasteiger partial charge in [0.25, 0.3) is 5.91 Å². The molecule has 3 aromatic rings. The minimum atomic E-state index is -0.553. The average molecular weight is 357 g/mol. The van der Waals surface area contributed by atoms with Crippen molar-refractivity contribution < 1.29 is 19.1 Å². The molecule has 0 bridgehead atoms. The van der Waals surface area contributed by atoms with E-state index >= 15 is 0 Å². The van der Waals surface area contributed by atoms with Crippen LogP contribution in [0, 0.1) is 6.92 Å². The molecule has 1 aromatic carbocycles. The summed E-state index contributed by atoms with van der Waals surface area (Å²) in [5, 5.41) is 2.77. The van der Waals surface area contributed by atoms with E-state index in [0.717, 1.165) is 11.3 Å². The Morgan fingerprint density at radius 1 is 1.16 bits per heavy atom. The number of esters is 1. The van der Waals surface area contributed by atoms with Crippen LogP contribution in [0.15, 0.2) is 30.6 Å². The van der Waals surface area contributed by atoms with Gasteiger partial charge in [0.15, 0.2) is 0 Å². The molecule has 0 aliphatic heterocycles. The van der Waals surface area contributed by atoms with Crippen LogP contribution in [0.1, 0.15) is 25.6 Å². The average Bonchev–Trinajstić information content (AvgIpc) is 2.99. The van der Waals surface area contributed by atoms with Crippen molar-refractivity contribution in [3.8, 4) is 5.75 Å². The lowest BCUT2D eigenvalue weighted by atomic mass is 10.1. The van der Waals surface area contributed by atoms with Crippen LogP contribution in [0.4, 0.5) is 5.69 Å². The fraction of sp³-hybridized carbons (Fsp3) is 0.176. The van der Waals surface area contributed by atoms with E-state index in [-0.39, 0.29) is 10.8 Å². The summed E-state index contributed by atoms with van der Waals surface area (Å²) in [6.45, 7) is 1.79. The van der Waals surface area contributed by atoms with Gasteiger partial charge < -0.3 is 14.8 Å². The van der Waals surface area contributed by atoms with Crippen LogP contribution in [0.2, 0.25) is 0 Å². The third-order valence-electron chi connectivity index (χ3n) is 3.69. The van der Waals surface area contributed by atoms with E-state index in [4.69, 9.17) is 9.47 Å². The maximum absolute atomic E-state index is 12.7. The molecule has 25 heavy (non-hydrogen) atoms. The number of aromatic nitrogens is 2. The number of carbonyl (C=O) groups is 2. The fourth-order valence-corrected chi connectivity index (χ4v) is 3.42. The number of thiophene rings is 1. The van der Waals surface area contributed by atoms with Crippen LogP contribution >= 0.6 is 11.3 Å². The number of anilines is 1. The predicted molar refractivity (Wildman–Crippen MR) is 94.4 cm³/mol. The molecule has 128 valence electrons. The van der Waals surface area contributed by atoms with Gasteiger partial charge >= 0.3 is 5.97 Å². The molecule has 0 atom stereocenters. The fourth-order valence-electron chi connectivity index (χ4n) is 2.44. The minimum absolute atomic E-state index is 0.248. The van der Waals surface area contributed by atoms with Crippen LogP contribution in [0.5, 0.6) is 5.75 Å². The summed E-state index contributed by atoms with van der Waals surface area (Å²) in [7, 11) is 2.83. The standard InChI is InChI=1S/C17H15N3O4S/c1-9-10(5-4-6-11(9)23-2)15(21)20-12-13-16(19-8-7-18-13)25-14(12)17(22)24-3/h4-8H,1-3H3,(H,20,21). The van der Waals surface area contributed by atoms with Gasteiger partial charge in [-0.1, -0.05) is 6.07 Å². The Morgan fingerprint density at radius 2 is 1.92 bits per heavy atom. The van der Waals surface area contributed by atoms with Gasteiger partial charge in [-0.05, 0) is 19.1 Å². The van der Waals surface area contributed by atoms with E-state index in [0.29, 0.717) is 32.9 Å². The minimum Gasteiger partial charge on any atom is -0.496 e. The van der Waals surface area contributed by atoms with Gasteiger partial charge in [-0.15, -0.1) is 11.3 Å². The van der Waals surface area contributed by atoms with E-state index in [1.165, 1.54) is 19.5 Å². The van der Waals surface area contributed by atoms with Crippen LogP contribution in [-0.2, 0) is 4.74 Å². The first-order chi connectivity index (χ1) is 12.1. The number of methoxy groups -OCH3 is 2. The number of fused-ring (bicyclic) bond motifs is 1. The van der Waals surface area contributed by atoms with Crippen molar-refractivity contribution in [2.24, 2.45) is 0 Å². The van der Waals surface area contributed by atoms with E-state index < -0.39 is 5.97 Å². The maximum Gasteiger partial charge on any atom is 0.350 e. The Morgan fingerprint density at radius 3 is 2.64 bits per heavy atom. The van der Waals surface area contributed by atoms with Crippen molar-refractivity contribution in [3.05, 3.63) is 46.6 Å². The van der Waals surface area contributed by atoms with E-state index in [2.05, 4.69) is 15.3 Å². The number of hydrogen-bond donors (Lipinski definition) is 1. The first-order valence-corrected chi connectivity index (χ1v) is 8.15. The molecule has 8 heteroatoms. The third-order valence-corrected chi connectivity index (χ3v) is 4.75. The highest BCUT2D eigenvalue weighted by Gasteiger charge is 2.23. The summed E-state index contributed by atoms with van der Waals surface area (Å²) >= 11 is 1.12. The number of carbonyl (C=O) groups excluding carboxylic acids is 2. The van der Waals surface area contributed by atoms with Crippen molar-refractivity contribution in [1.82, 2.24) is 9.97 Å². The molecule has 0 spiro atoms. The molecule has 0 fully saturated rings. The van der Waals surface area contributed by atoms with E-state index in [1.807, 2.05) is 0 Å². The third kappa shape index (κ3) is 3.03. The second kappa shape index (κ2) is 6.86. The summed E-state index contributed by atoms with van der Waals surface area (Å²) in [4.78, 5) is 34.0. The topological polar surface area (TPSA) is 90.4 Å². The largest absolute Gasteiger partial charge is 0.496 e. The Kier molecular flexibility index (Phi) is 4.62. The van der Waals surface area contributed by atoms with Crippen molar-refractivity contribution in [2.75, 3.05) is 19.5 Å². The first kappa shape index (κ1) is 16.8. The zero-order valence-electron chi connectivity index (χ0n) is 13.8. The quantitative estimate of drug-likeness (QED) is 0.722. The van der Waals surface area contributed by atoms with Gasteiger partial charge in [-0.25, -0.2) is 14.8 Å². The molecular weight excluding hydrogens is 342 g/mol. The highest BCUT2D eigenvalue weighted by atomic mass is 32.1. The number of amides is 1. The lowest BCUT2D eigenvalue weighted by molar-refractivity contribution is 0.0607. The van der Waals surface area contributed by atoms with Crippen LogP contribution in [0.25, 0.3) is 10.3 Å². The zero-order valence-corrected chi connectivity index (χ0v) is 14.6. The van der Waals surface area contributed by atoms with Gasteiger partial charge in [0.2, 0.25) is 0 Å². The maximum atomic E-state index is 12.7. The second-order valence-corrected chi connectivity index (χ2v) is 6.09. The number of nitrogens with zero attached hydrogens (tertiary/aromatic N) is 2. The van der Waals surface area contributed by atoms with E-state index in [9.17, 15) is 9.59 Å². The van der Waals surface area contributed by atoms with E-state index in [1.54, 1.807) is 32.2 Å². The number of benzene rings is 1. The van der Waals surface area contributed by atoms with Gasteiger partial charge in [0.1, 0.15) is 21.0 Å². The van der Waals surface area contributed by atoms with Crippen molar-refractivity contribution in [2.45, 2.75) is 6.92 Å². The first-order valence-electron chi connectivity index (χ1n) is 7.33. The van der Waals surface area contributed by atoms with Crippen molar-refractivity contribution in [3.63, 3.8) is 0 Å². The number of nitrogens with one attached hydrogen (secondary N) is 1. The molecule has 0 saturated carbocycles. The summed E-state index contributed by atoms with van der Waals surface area (Å²) in [6.07, 6.45) is 3.03. The molecule has 3 rings (SSSR count). The monoisotopic (exact) mass is 357 g/mol. The summed E-state index contributed by atoms with van der Waals surface area (Å²) in [5.74, 6) is -0.315. The van der Waals surface area contributed by atoms with Crippen molar-refractivity contribution >= 4 is 39.2 Å². The molecule has 1 N–H and O–H groups in total. The van der Waals surface area contributed by atoms with Gasteiger partial charge in [0.05, 0.1) is 19.9 Å². The van der Waals surface area contributed by atoms with Gasteiger partial charge in [-0.2, -0.15) is 0 Å². The van der Waals surface area contributed by atoms with Crippen LogP contribution in [-0.4, -0.2) is 36.1 Å². The summed E-state index contributed by atoms with van der Waals surface area (Å²) in [6, 6.07) is 5.19. The van der Waals surface area contributed by atoms with Crippen LogP contribution < -0.4 is 10.1 Å². The number of hydrogen-bond acceptors (Lipinski definition) is 7. The van der Waals surface area contributed by atoms with Crippen LogP contribution in [0.3, 0.4) is 0 Å². The molecule has 2 heterocycles. The molecule has 0 aliphatic rings. The Balaban J connectivity index is 2.06. The molecule has 0 saturated heterocycles. The summed E-state index contributed by atoms with van der Waals surface area (Å²) in [5.41, 5.74) is 1.89. The molecule has 7 nitrogen and oxygen atoms in total. The smallest absolute Gasteiger partial charge is 0.350 e. The SMILES string of the molecule is COC(=O)c1sc2nccnc2c1NC(=O)c1cccc(OC)c1C. The number of rotatable bonds is 4. The lowest BCUT2D eigenvalue weighted by Gasteiger charge is -2.11. The summed E-state index contributed by atoms with van der Waals surface area (Å²) < 4.78 is 10.0. The Labute approximate surface area is 147 Å². The number of ether oxygens (including phenoxy) is 2. The zero-order chi connectivity index (χ0) is 18.0. The molecule has 0 radical (unpaired) electrons. The molecular formula is C17H15N3O4S. The van der Waals surface area contributed by atoms with Gasteiger partial charge in [0, 0.05) is 23.5 Å². The second-order valence-electron chi connectivity index (χ2n) is 5.09. The molecule has 0 unspecified atom stereocenters. The lowest BCUT2D eigenvalue weighted by Crippen LogP contribution is -2.16. The molecule has 2 aromatic heterocycles. The highest BCUT2D eigenvalue weighted by Crippen LogP contribution is 2.34. The van der Waals surface area contributed by atoms with Gasteiger partial charge in [-0.3, -0.25) is 4.79 Å². The predicted octanol–water partition coefficient (Wildman–Crippen LogP) is 3.05. The Hall–Kier alpha value is -3.00. The van der Waals surface area contributed by atoms with Crippen molar-refractivity contribution in [1.29, 1.82) is 0 Å². The highest BCUT2D eigenvalue weighted by molar-refractivity contribution is 7.21. The molecule has 0 aliphatic carbocycles. The molecule has 1 amide bonds. The Bertz CT molecular complexity index is 968.